The van der Waals surface area contributed by atoms with Crippen LogP contribution in [0.1, 0.15) is 5.56 Å². The van der Waals surface area contributed by atoms with Crippen LogP contribution >= 0.6 is 0 Å². The molecule has 1 aromatic heterocycles. The minimum Gasteiger partial charge on any atom is -0.371 e. The molecule has 4 heteroatoms. The molecule has 0 spiro atoms. The van der Waals surface area contributed by atoms with Crippen LogP contribution in [-0.4, -0.2) is 32.2 Å². The van der Waals surface area contributed by atoms with Crippen LogP contribution in [0.2, 0.25) is 0 Å². The summed E-state index contributed by atoms with van der Waals surface area (Å²) in [6.07, 6.45) is 3.83. The van der Waals surface area contributed by atoms with E-state index in [0.29, 0.717) is 0 Å². The predicted octanol–water partition coefficient (Wildman–Crippen LogP) is 2.39. The maximum absolute atomic E-state index is 4.31. The van der Waals surface area contributed by atoms with Crippen molar-refractivity contribution in [2.24, 2.45) is 0 Å². The van der Waals surface area contributed by atoms with Gasteiger partial charge < -0.3 is 15.1 Å². The number of hydrogen-bond acceptors (Lipinski definition) is 4. The van der Waals surface area contributed by atoms with E-state index < -0.39 is 0 Å². The average molecular weight is 268 g/mol. The normalized spacial score (nSPS) is 14.3. The lowest BCUT2D eigenvalue weighted by Gasteiger charge is -2.37. The molecule has 1 aromatic carbocycles. The van der Waals surface area contributed by atoms with Crippen molar-refractivity contribution >= 4 is 17.1 Å². The molecule has 2 aromatic rings. The number of hydrogen-bond donors (Lipinski definition) is 1. The standard InChI is InChI=1S/C16H20N4/c1-17-11-13-7-8-18-12-16(13)20-10-9-19(2)14-5-3-4-6-15(14)20/h3-8,12,17H,9-11H2,1-2H3. The van der Waals surface area contributed by atoms with Crippen molar-refractivity contribution in [2.45, 2.75) is 6.54 Å². The Bertz CT molecular complexity index is 597. The minimum atomic E-state index is 0.854. The van der Waals surface area contributed by atoms with Crippen molar-refractivity contribution in [1.29, 1.82) is 0 Å². The summed E-state index contributed by atoms with van der Waals surface area (Å²) >= 11 is 0. The van der Waals surface area contributed by atoms with Gasteiger partial charge >= 0.3 is 0 Å². The predicted molar refractivity (Wildman–Crippen MR) is 83.7 cm³/mol. The molecular formula is C16H20N4. The lowest BCUT2D eigenvalue weighted by atomic mass is 10.1. The van der Waals surface area contributed by atoms with Crippen molar-refractivity contribution in [3.63, 3.8) is 0 Å². The number of nitrogens with one attached hydrogen (secondary N) is 1. The third-order valence-electron chi connectivity index (χ3n) is 3.79. The van der Waals surface area contributed by atoms with Crippen LogP contribution in [0.15, 0.2) is 42.7 Å². The van der Waals surface area contributed by atoms with E-state index in [4.69, 9.17) is 0 Å². The molecule has 0 saturated carbocycles. The number of nitrogens with zero attached hydrogens (tertiary/aromatic N) is 3. The van der Waals surface area contributed by atoms with Gasteiger partial charge in [-0.05, 0) is 30.8 Å². The second-order valence-corrected chi connectivity index (χ2v) is 5.10. The lowest BCUT2D eigenvalue weighted by molar-refractivity contribution is 0.789. The summed E-state index contributed by atoms with van der Waals surface area (Å²) in [6.45, 7) is 2.85. The molecule has 3 rings (SSSR count). The van der Waals surface area contributed by atoms with Crippen LogP contribution in [-0.2, 0) is 6.54 Å². The molecule has 20 heavy (non-hydrogen) atoms. The lowest BCUT2D eigenvalue weighted by Crippen LogP contribution is -2.37. The Hall–Kier alpha value is -2.07. The van der Waals surface area contributed by atoms with Crippen LogP contribution in [0.25, 0.3) is 0 Å². The Morgan fingerprint density at radius 3 is 2.70 bits per heavy atom. The molecule has 1 aliphatic heterocycles. The molecule has 0 radical (unpaired) electrons. The zero-order valence-corrected chi connectivity index (χ0v) is 12.0. The van der Waals surface area contributed by atoms with Gasteiger partial charge in [0.2, 0.25) is 0 Å². The van der Waals surface area contributed by atoms with E-state index in [9.17, 15) is 0 Å². The first-order chi connectivity index (χ1) is 9.81. The van der Waals surface area contributed by atoms with Crippen LogP contribution in [0, 0.1) is 0 Å². The number of pyridine rings is 1. The fraction of sp³-hybridized carbons (Fsp3) is 0.312. The van der Waals surface area contributed by atoms with Gasteiger partial charge in [-0.25, -0.2) is 0 Å². The number of anilines is 3. The Kier molecular flexibility index (Phi) is 3.56. The van der Waals surface area contributed by atoms with Gasteiger partial charge in [0.05, 0.1) is 23.3 Å². The van der Waals surface area contributed by atoms with Crippen molar-refractivity contribution < 1.29 is 0 Å². The van der Waals surface area contributed by atoms with Crippen molar-refractivity contribution in [1.82, 2.24) is 10.3 Å². The zero-order chi connectivity index (χ0) is 13.9. The summed E-state index contributed by atoms with van der Waals surface area (Å²) in [5.41, 5.74) is 5.01. The number of likely N-dealkylation sites (N-methyl/N-ethyl adjacent to an activating group) is 1. The summed E-state index contributed by atoms with van der Waals surface area (Å²) in [7, 11) is 4.12. The maximum atomic E-state index is 4.31. The highest BCUT2D eigenvalue weighted by Gasteiger charge is 2.22. The monoisotopic (exact) mass is 268 g/mol. The van der Waals surface area contributed by atoms with Gasteiger partial charge in [-0.1, -0.05) is 12.1 Å². The number of para-hydroxylation sites is 2. The Labute approximate surface area is 120 Å². The first-order valence-corrected chi connectivity index (χ1v) is 6.96. The van der Waals surface area contributed by atoms with Gasteiger partial charge in [-0.15, -0.1) is 0 Å². The molecule has 4 nitrogen and oxygen atoms in total. The molecule has 0 fully saturated rings. The van der Waals surface area contributed by atoms with E-state index in [2.05, 4.69) is 57.5 Å². The number of aromatic nitrogens is 1. The Morgan fingerprint density at radius 1 is 1.10 bits per heavy atom. The van der Waals surface area contributed by atoms with Crippen molar-refractivity contribution in [3.8, 4) is 0 Å². The van der Waals surface area contributed by atoms with Crippen molar-refractivity contribution in [2.75, 3.05) is 37.0 Å². The smallest absolute Gasteiger partial charge is 0.0649 e. The Morgan fingerprint density at radius 2 is 1.90 bits per heavy atom. The molecular weight excluding hydrogens is 248 g/mol. The quantitative estimate of drug-likeness (QED) is 0.926. The molecule has 0 saturated heterocycles. The molecule has 0 amide bonds. The summed E-state index contributed by atoms with van der Waals surface area (Å²) in [5.74, 6) is 0. The second-order valence-electron chi connectivity index (χ2n) is 5.10. The van der Waals surface area contributed by atoms with Crippen LogP contribution in [0.3, 0.4) is 0 Å². The largest absolute Gasteiger partial charge is 0.371 e. The topological polar surface area (TPSA) is 31.4 Å². The summed E-state index contributed by atoms with van der Waals surface area (Å²) in [5, 5.41) is 3.23. The highest BCUT2D eigenvalue weighted by molar-refractivity contribution is 5.79. The molecule has 2 heterocycles. The number of fused-ring (bicyclic) bond motifs is 1. The van der Waals surface area contributed by atoms with E-state index in [-0.39, 0.29) is 0 Å². The minimum absolute atomic E-state index is 0.854. The van der Waals surface area contributed by atoms with Gasteiger partial charge in [0.15, 0.2) is 0 Å². The van der Waals surface area contributed by atoms with E-state index in [1.807, 2.05) is 19.4 Å². The molecule has 1 aliphatic rings. The van der Waals surface area contributed by atoms with E-state index in [1.165, 1.54) is 22.6 Å². The average Bonchev–Trinajstić information content (AvgIpc) is 2.49. The van der Waals surface area contributed by atoms with Gasteiger partial charge in [0.25, 0.3) is 0 Å². The first-order valence-electron chi connectivity index (χ1n) is 6.96. The third-order valence-corrected chi connectivity index (χ3v) is 3.79. The summed E-state index contributed by atoms with van der Waals surface area (Å²) in [6, 6.07) is 10.6. The first kappa shape index (κ1) is 12.9. The maximum Gasteiger partial charge on any atom is 0.0649 e. The summed E-state index contributed by atoms with van der Waals surface area (Å²) in [4.78, 5) is 8.99. The molecule has 1 N–H and O–H groups in total. The number of rotatable bonds is 3. The fourth-order valence-electron chi connectivity index (χ4n) is 2.75. The highest BCUT2D eigenvalue weighted by atomic mass is 15.3. The third kappa shape index (κ3) is 2.23. The van der Waals surface area contributed by atoms with Gasteiger partial charge in [-0.3, -0.25) is 4.98 Å². The van der Waals surface area contributed by atoms with Crippen LogP contribution in [0.5, 0.6) is 0 Å². The number of benzene rings is 1. The summed E-state index contributed by atoms with van der Waals surface area (Å²) < 4.78 is 0. The Balaban J connectivity index is 2.06. The molecule has 0 atom stereocenters. The molecule has 0 unspecified atom stereocenters. The van der Waals surface area contributed by atoms with Gasteiger partial charge in [0, 0.05) is 32.9 Å². The van der Waals surface area contributed by atoms with Crippen LogP contribution < -0.4 is 15.1 Å². The molecule has 0 bridgehead atoms. The fourth-order valence-corrected chi connectivity index (χ4v) is 2.75. The highest BCUT2D eigenvalue weighted by Crippen LogP contribution is 2.37. The zero-order valence-electron chi connectivity index (χ0n) is 12.0. The van der Waals surface area contributed by atoms with E-state index in [1.54, 1.807) is 0 Å². The molecule has 0 aliphatic carbocycles. The SMILES string of the molecule is CNCc1ccncc1N1CCN(C)c2ccccc21. The van der Waals surface area contributed by atoms with Gasteiger partial charge in [-0.2, -0.15) is 0 Å². The van der Waals surface area contributed by atoms with Crippen LogP contribution in [0.4, 0.5) is 17.1 Å². The van der Waals surface area contributed by atoms with E-state index in [0.717, 1.165) is 19.6 Å². The van der Waals surface area contributed by atoms with Crippen molar-refractivity contribution in [3.05, 3.63) is 48.3 Å². The second kappa shape index (κ2) is 5.51. The molecule has 104 valence electrons. The van der Waals surface area contributed by atoms with E-state index >= 15 is 0 Å². The van der Waals surface area contributed by atoms with Gasteiger partial charge in [0.1, 0.15) is 0 Å².